The molecule has 0 saturated heterocycles. The number of carbonyl (C=O) groups excluding carboxylic acids is 2. The van der Waals surface area contributed by atoms with E-state index in [4.69, 9.17) is 10.2 Å². The van der Waals surface area contributed by atoms with E-state index in [2.05, 4.69) is 56.1 Å². The van der Waals surface area contributed by atoms with Crippen LogP contribution < -0.4 is 10.2 Å². The highest BCUT2D eigenvalue weighted by Gasteiger charge is 2.08. The van der Waals surface area contributed by atoms with Crippen molar-refractivity contribution >= 4 is 47.4 Å². The van der Waals surface area contributed by atoms with Gasteiger partial charge in [0, 0.05) is 19.6 Å². The number of carboxylic acid groups (broad SMARTS) is 4. The number of nitrogens with zero attached hydrogens (tertiary/aromatic N) is 2. The number of carboxylic acids is 4. The number of carbonyl (C=O) groups is 4. The zero-order valence-electron chi connectivity index (χ0n) is 49.5. The Morgan fingerprint density at radius 3 is 0.667 bits per heavy atom. The molecule has 4 rings (SSSR count). The van der Waals surface area contributed by atoms with E-state index in [1.54, 1.807) is 48.5 Å². The highest BCUT2D eigenvalue weighted by Crippen LogP contribution is 2.29. The number of rotatable bonds is 38. The summed E-state index contributed by atoms with van der Waals surface area (Å²) in [6, 6.07) is 25.6. The molecule has 4 aromatic rings. The second kappa shape index (κ2) is 44.2. The second-order valence-corrected chi connectivity index (χ2v) is 25.0. The van der Waals surface area contributed by atoms with E-state index in [0.29, 0.717) is 0 Å². The molecule has 2 N–H and O–H groups in total. The minimum absolute atomic E-state index is 0.122. The molecule has 0 radical (unpaired) electrons. The largest absolute Gasteiger partial charge is 0.545 e. The Kier molecular flexibility index (Phi) is 40.4. The summed E-state index contributed by atoms with van der Waals surface area (Å²) in [5.74, 6) is -4.34. The standard InChI is InChI=1S/2C19H42N.2C14H10O4S/c2*1-5-6-7-8-9-10-11-12-13-14-15-16-17-18-19-20(2,3)4;2*15-13(16)9-1-5-11(6-2-9)19-12-7-3-10(4-8-12)14(17)18/h2*5-19H2,1-4H3;2*1-8H,(H,15,16)(H,17,18)/q2*+1;;/p-2. The molecule has 0 saturated carbocycles. The lowest BCUT2D eigenvalue weighted by Crippen LogP contribution is -2.35. The van der Waals surface area contributed by atoms with Crippen LogP contribution in [-0.4, -0.2) is 98.4 Å². The average Bonchev–Trinajstić information content (AvgIpc) is 3.39. The number of aromatic carboxylic acids is 4. The van der Waals surface area contributed by atoms with E-state index in [0.717, 1.165) is 28.5 Å². The molecule has 0 aliphatic carbocycles. The second-order valence-electron chi connectivity index (χ2n) is 22.7. The molecule has 0 aliphatic heterocycles. The number of hydrogen-bond donors (Lipinski definition) is 2. The van der Waals surface area contributed by atoms with Crippen LogP contribution in [0, 0.1) is 0 Å². The van der Waals surface area contributed by atoms with Crippen LogP contribution in [0.3, 0.4) is 0 Å². The zero-order valence-corrected chi connectivity index (χ0v) is 51.1. The summed E-state index contributed by atoms with van der Waals surface area (Å²) >= 11 is 2.84. The van der Waals surface area contributed by atoms with Gasteiger partial charge in [0.1, 0.15) is 0 Å². The van der Waals surface area contributed by atoms with Crippen molar-refractivity contribution in [1.29, 1.82) is 0 Å². The molecular weight excluding hydrogens is 1010 g/mol. The number of benzene rings is 4. The van der Waals surface area contributed by atoms with Crippen LogP contribution in [0.15, 0.2) is 117 Å². The Hall–Kier alpha value is -4.62. The summed E-state index contributed by atoms with van der Waals surface area (Å²) in [6.07, 6.45) is 40.7. The summed E-state index contributed by atoms with van der Waals surface area (Å²) in [5, 5.41) is 38.8. The Morgan fingerprint density at radius 2 is 0.500 bits per heavy atom. The zero-order chi connectivity index (χ0) is 57.9. The van der Waals surface area contributed by atoms with Crippen molar-refractivity contribution in [1.82, 2.24) is 0 Å². The van der Waals surface area contributed by atoms with Crippen LogP contribution >= 0.6 is 23.5 Å². The van der Waals surface area contributed by atoms with Gasteiger partial charge in [-0.05, 0) is 110 Å². The Balaban J connectivity index is 0.000000520. The molecule has 0 atom stereocenters. The fourth-order valence-corrected chi connectivity index (χ4v) is 10.1. The van der Waals surface area contributed by atoms with Crippen LogP contribution in [0.5, 0.6) is 0 Å². The molecule has 0 aromatic heterocycles. The monoisotopic (exact) mass is 1110 g/mol. The Morgan fingerprint density at radius 1 is 0.321 bits per heavy atom. The van der Waals surface area contributed by atoms with Gasteiger partial charge in [0.15, 0.2) is 0 Å². The summed E-state index contributed by atoms with van der Waals surface area (Å²) in [5.41, 5.74) is 0.726. The molecule has 12 heteroatoms. The summed E-state index contributed by atoms with van der Waals surface area (Å²) in [7, 11) is 13.8. The summed E-state index contributed by atoms with van der Waals surface area (Å²) in [4.78, 5) is 46.1. The highest BCUT2D eigenvalue weighted by atomic mass is 32.2. The minimum atomic E-state index is -1.21. The fourth-order valence-electron chi connectivity index (χ4n) is 8.48. The SMILES string of the molecule is CCCCCCCCCCCCCCCC[N+](C)(C)C.CCCCCCCCCCCCCCCC[N+](C)(C)C.O=C(O)c1ccc(Sc2ccc(C(=O)O)cc2)cc1.O=C([O-])c1ccc(Sc2ccc(C(=O)[O-])cc2)cc1. The van der Waals surface area contributed by atoms with Gasteiger partial charge >= 0.3 is 11.9 Å². The van der Waals surface area contributed by atoms with Gasteiger partial charge < -0.3 is 39.0 Å². The Bertz CT molecular complexity index is 1880. The third kappa shape index (κ3) is 40.5. The van der Waals surface area contributed by atoms with E-state index in [9.17, 15) is 29.4 Å². The maximum atomic E-state index is 10.7. The molecule has 0 unspecified atom stereocenters. The van der Waals surface area contributed by atoms with Crippen molar-refractivity contribution < 1.29 is 48.6 Å². The van der Waals surface area contributed by atoms with Gasteiger partial charge in [-0.1, -0.05) is 216 Å². The van der Waals surface area contributed by atoms with E-state index in [1.807, 2.05) is 0 Å². The maximum Gasteiger partial charge on any atom is 0.335 e. The number of unbranched alkanes of at least 4 members (excludes halogenated alkanes) is 26. The van der Waals surface area contributed by atoms with Crippen LogP contribution in [0.1, 0.15) is 235 Å². The molecule has 436 valence electrons. The van der Waals surface area contributed by atoms with Gasteiger partial charge in [-0.15, -0.1) is 0 Å². The third-order valence-electron chi connectivity index (χ3n) is 13.2. The normalized spacial score (nSPS) is 11.1. The van der Waals surface area contributed by atoms with Crippen molar-refractivity contribution in [3.8, 4) is 0 Å². The van der Waals surface area contributed by atoms with Crippen LogP contribution in [0.2, 0.25) is 0 Å². The van der Waals surface area contributed by atoms with Crippen molar-refractivity contribution in [3.05, 3.63) is 119 Å². The van der Waals surface area contributed by atoms with Crippen LogP contribution in [-0.2, 0) is 0 Å². The van der Waals surface area contributed by atoms with Crippen molar-refractivity contribution in [3.63, 3.8) is 0 Å². The summed E-state index contributed by atoms with van der Waals surface area (Å²) < 4.78 is 2.25. The molecule has 4 aromatic carbocycles. The first-order valence-corrected chi connectivity index (χ1v) is 31.1. The smallest absolute Gasteiger partial charge is 0.335 e. The van der Waals surface area contributed by atoms with Gasteiger partial charge in [0.25, 0.3) is 0 Å². The fraction of sp³-hybridized carbons (Fsp3) is 0.576. The lowest BCUT2D eigenvalue weighted by Gasteiger charge is -2.23. The van der Waals surface area contributed by atoms with E-state index in [1.165, 1.54) is 265 Å². The van der Waals surface area contributed by atoms with Gasteiger partial charge in [-0.2, -0.15) is 0 Å². The molecule has 0 spiro atoms. The van der Waals surface area contributed by atoms with Crippen LogP contribution in [0.4, 0.5) is 0 Å². The van der Waals surface area contributed by atoms with Gasteiger partial charge in [0.05, 0.1) is 78.4 Å². The van der Waals surface area contributed by atoms with E-state index >= 15 is 0 Å². The predicted molar refractivity (Wildman–Crippen MR) is 323 cm³/mol. The number of hydrogen-bond acceptors (Lipinski definition) is 8. The summed E-state index contributed by atoms with van der Waals surface area (Å²) in [6.45, 7) is 7.25. The molecule has 0 aliphatic rings. The topological polar surface area (TPSA) is 155 Å². The first-order chi connectivity index (χ1) is 37.2. The lowest BCUT2D eigenvalue weighted by atomic mass is 10.0. The van der Waals surface area contributed by atoms with Gasteiger partial charge in [-0.25, -0.2) is 9.59 Å². The molecular formula is C66H102N2O8S2. The van der Waals surface area contributed by atoms with Gasteiger partial charge in [-0.3, -0.25) is 0 Å². The van der Waals surface area contributed by atoms with Gasteiger partial charge in [0.2, 0.25) is 0 Å². The molecule has 10 nitrogen and oxygen atoms in total. The van der Waals surface area contributed by atoms with E-state index < -0.39 is 23.9 Å². The average molecular weight is 1120 g/mol. The quantitative estimate of drug-likeness (QED) is 0.0327. The lowest BCUT2D eigenvalue weighted by molar-refractivity contribution is -0.870. The Labute approximate surface area is 481 Å². The molecule has 0 bridgehead atoms. The predicted octanol–water partition coefficient (Wildman–Crippen LogP) is 16.1. The molecule has 0 fully saturated rings. The first kappa shape index (κ1) is 71.4. The van der Waals surface area contributed by atoms with E-state index in [-0.39, 0.29) is 22.3 Å². The molecule has 0 heterocycles. The van der Waals surface area contributed by atoms with Crippen molar-refractivity contribution in [2.45, 2.75) is 213 Å². The van der Waals surface area contributed by atoms with Crippen LogP contribution in [0.25, 0.3) is 0 Å². The highest BCUT2D eigenvalue weighted by molar-refractivity contribution is 7.99. The first-order valence-electron chi connectivity index (χ1n) is 29.5. The maximum absolute atomic E-state index is 10.7. The molecule has 78 heavy (non-hydrogen) atoms. The van der Waals surface area contributed by atoms with Crippen molar-refractivity contribution in [2.75, 3.05) is 55.4 Å². The minimum Gasteiger partial charge on any atom is -0.545 e. The third-order valence-corrected chi connectivity index (χ3v) is 15.3. The number of quaternary nitrogens is 2. The molecule has 0 amide bonds. The van der Waals surface area contributed by atoms with Crippen molar-refractivity contribution in [2.24, 2.45) is 0 Å².